The average Bonchev–Trinajstić information content (AvgIpc) is 2.33. The molecule has 0 aromatic heterocycles. The number of alkyl halides is 2. The minimum Gasteiger partial charge on any atom is -0.342 e. The number of hydrogen-bond acceptors (Lipinski definition) is 2. The minimum atomic E-state index is -2.59. The highest BCUT2D eigenvalue weighted by molar-refractivity contribution is 5.85. The summed E-state index contributed by atoms with van der Waals surface area (Å²) >= 11 is 0. The van der Waals surface area contributed by atoms with Crippen LogP contribution in [0.25, 0.3) is 0 Å². The first-order chi connectivity index (χ1) is 8.52. The maximum atomic E-state index is 12.7. The summed E-state index contributed by atoms with van der Waals surface area (Å²) < 4.78 is 25.5. The van der Waals surface area contributed by atoms with E-state index >= 15 is 0 Å². The van der Waals surface area contributed by atoms with Gasteiger partial charge in [-0.3, -0.25) is 4.79 Å². The Morgan fingerprint density at radius 2 is 1.89 bits per heavy atom. The van der Waals surface area contributed by atoms with Crippen LogP contribution in [0.1, 0.15) is 32.1 Å². The molecule has 3 nitrogen and oxygen atoms in total. The Kier molecular flexibility index (Phi) is 5.99. The first-order valence-corrected chi connectivity index (χ1v) is 6.83. The molecule has 1 N–H and O–H groups in total. The van der Waals surface area contributed by atoms with Crippen LogP contribution in [0, 0.1) is 11.8 Å². The zero-order chi connectivity index (χ0) is 13.2. The third kappa shape index (κ3) is 4.28. The molecule has 1 saturated carbocycles. The number of carbonyl (C=O) groups excluding carboxylic acids is 1. The molecule has 0 unspecified atom stereocenters. The van der Waals surface area contributed by atoms with E-state index in [4.69, 9.17) is 0 Å². The number of hydrogen-bond donors (Lipinski definition) is 1. The summed E-state index contributed by atoms with van der Waals surface area (Å²) in [4.78, 5) is 13.8. The normalized spacial score (nSPS) is 23.6. The fourth-order valence-electron chi connectivity index (χ4n) is 2.88. The highest BCUT2D eigenvalue weighted by Crippen LogP contribution is 2.43. The first kappa shape index (κ1) is 16.6. The van der Waals surface area contributed by atoms with Gasteiger partial charge in [-0.15, -0.1) is 12.4 Å². The molecular weight excluding hydrogens is 274 g/mol. The molecule has 1 saturated heterocycles. The van der Waals surface area contributed by atoms with E-state index in [0.29, 0.717) is 5.92 Å². The van der Waals surface area contributed by atoms with E-state index in [0.717, 1.165) is 38.9 Å². The summed E-state index contributed by atoms with van der Waals surface area (Å²) in [6.45, 7) is 2.50. The smallest absolute Gasteiger partial charge is 0.249 e. The summed E-state index contributed by atoms with van der Waals surface area (Å²) in [6.07, 6.45) is 2.67. The van der Waals surface area contributed by atoms with Crippen molar-refractivity contribution in [1.82, 2.24) is 10.2 Å². The predicted octanol–water partition coefficient (Wildman–Crippen LogP) is 2.30. The topological polar surface area (TPSA) is 32.3 Å². The molecule has 2 fully saturated rings. The lowest BCUT2D eigenvalue weighted by molar-refractivity contribution is -0.161. The van der Waals surface area contributed by atoms with Crippen molar-refractivity contribution in [3.8, 4) is 0 Å². The molecule has 6 heteroatoms. The Morgan fingerprint density at radius 1 is 1.32 bits per heavy atom. The molecule has 0 spiro atoms. The van der Waals surface area contributed by atoms with Crippen molar-refractivity contribution < 1.29 is 13.6 Å². The molecular formula is C13H23ClF2N2O. The Bertz CT molecular complexity index is 299. The summed E-state index contributed by atoms with van der Waals surface area (Å²) in [7, 11) is 1.94. The second-order valence-corrected chi connectivity index (χ2v) is 5.62. The second-order valence-electron chi connectivity index (χ2n) is 5.62. The van der Waals surface area contributed by atoms with E-state index in [1.807, 2.05) is 7.05 Å². The second kappa shape index (κ2) is 6.84. The zero-order valence-corrected chi connectivity index (χ0v) is 12.1. The van der Waals surface area contributed by atoms with Crippen molar-refractivity contribution >= 4 is 18.3 Å². The number of likely N-dealkylation sites (tertiary alicyclic amines) is 1. The van der Waals surface area contributed by atoms with Crippen molar-refractivity contribution in [2.75, 3.05) is 26.7 Å². The number of nitrogens with one attached hydrogen (secondary N) is 1. The SMILES string of the molecule is CNCCC1CCN(C(=O)C2CC(F)(F)C2)CC1.Cl. The van der Waals surface area contributed by atoms with Gasteiger partial charge in [-0.05, 0) is 38.8 Å². The lowest BCUT2D eigenvalue weighted by atomic mass is 9.80. The Labute approximate surface area is 119 Å². The number of nitrogens with zero attached hydrogens (tertiary/aromatic N) is 1. The number of piperidine rings is 1. The fraction of sp³-hybridized carbons (Fsp3) is 0.923. The molecule has 1 aliphatic heterocycles. The summed E-state index contributed by atoms with van der Waals surface area (Å²) in [5.41, 5.74) is 0. The third-order valence-electron chi connectivity index (χ3n) is 4.17. The van der Waals surface area contributed by atoms with E-state index in [1.54, 1.807) is 4.90 Å². The van der Waals surface area contributed by atoms with Crippen LogP contribution in [0.2, 0.25) is 0 Å². The van der Waals surface area contributed by atoms with E-state index in [2.05, 4.69) is 5.32 Å². The van der Waals surface area contributed by atoms with Crippen molar-refractivity contribution in [3.63, 3.8) is 0 Å². The van der Waals surface area contributed by atoms with Crippen molar-refractivity contribution in [1.29, 1.82) is 0 Å². The Balaban J connectivity index is 0.00000180. The van der Waals surface area contributed by atoms with Gasteiger partial charge in [0.25, 0.3) is 0 Å². The highest BCUT2D eigenvalue weighted by Gasteiger charge is 2.49. The van der Waals surface area contributed by atoms with Crippen molar-refractivity contribution in [2.45, 2.75) is 38.0 Å². The monoisotopic (exact) mass is 296 g/mol. The van der Waals surface area contributed by atoms with E-state index in [1.165, 1.54) is 0 Å². The molecule has 0 aromatic carbocycles. The number of rotatable bonds is 4. The minimum absolute atomic E-state index is 0. The largest absolute Gasteiger partial charge is 0.342 e. The predicted molar refractivity (Wildman–Crippen MR) is 72.8 cm³/mol. The molecule has 0 bridgehead atoms. The molecule has 112 valence electrons. The van der Waals surface area contributed by atoms with E-state index in [-0.39, 0.29) is 31.2 Å². The van der Waals surface area contributed by atoms with Crippen LogP contribution in [-0.2, 0) is 4.79 Å². The van der Waals surface area contributed by atoms with Gasteiger partial charge in [0, 0.05) is 31.8 Å². The lowest BCUT2D eigenvalue weighted by Crippen LogP contribution is -2.49. The number of halogens is 3. The van der Waals surface area contributed by atoms with Crippen molar-refractivity contribution in [3.05, 3.63) is 0 Å². The fourth-order valence-corrected chi connectivity index (χ4v) is 2.88. The van der Waals surface area contributed by atoms with Crippen LogP contribution in [0.3, 0.4) is 0 Å². The third-order valence-corrected chi connectivity index (χ3v) is 4.17. The quantitative estimate of drug-likeness (QED) is 0.863. The Morgan fingerprint density at radius 3 is 2.37 bits per heavy atom. The summed E-state index contributed by atoms with van der Waals surface area (Å²) in [5, 5.41) is 3.13. The Hall–Kier alpha value is -0.420. The van der Waals surface area contributed by atoms with Crippen LogP contribution in [0.5, 0.6) is 0 Å². The molecule has 1 aliphatic carbocycles. The maximum absolute atomic E-state index is 12.7. The van der Waals surface area contributed by atoms with Gasteiger partial charge < -0.3 is 10.2 Å². The lowest BCUT2D eigenvalue weighted by Gasteiger charge is -2.39. The molecule has 0 aromatic rings. The van der Waals surface area contributed by atoms with Crippen LogP contribution in [0.15, 0.2) is 0 Å². The van der Waals surface area contributed by atoms with Gasteiger partial charge >= 0.3 is 0 Å². The number of carbonyl (C=O) groups is 1. The average molecular weight is 297 g/mol. The summed E-state index contributed by atoms with van der Waals surface area (Å²) in [6, 6.07) is 0. The van der Waals surface area contributed by atoms with Gasteiger partial charge in [0.15, 0.2) is 0 Å². The molecule has 1 amide bonds. The molecule has 19 heavy (non-hydrogen) atoms. The van der Waals surface area contributed by atoms with Crippen LogP contribution in [0.4, 0.5) is 8.78 Å². The molecule has 2 rings (SSSR count). The summed E-state index contributed by atoms with van der Waals surface area (Å²) in [5.74, 6) is -2.39. The number of amides is 1. The molecule has 0 radical (unpaired) electrons. The maximum Gasteiger partial charge on any atom is 0.249 e. The van der Waals surface area contributed by atoms with E-state index in [9.17, 15) is 13.6 Å². The standard InChI is InChI=1S/C13H22F2N2O.ClH/c1-16-5-2-10-3-6-17(7-4-10)12(18)11-8-13(14,15)9-11;/h10-11,16H,2-9H2,1H3;1H. The molecule has 2 aliphatic rings. The highest BCUT2D eigenvalue weighted by atomic mass is 35.5. The van der Waals surface area contributed by atoms with Crippen LogP contribution >= 0.6 is 12.4 Å². The van der Waals surface area contributed by atoms with Gasteiger partial charge in [-0.2, -0.15) is 0 Å². The van der Waals surface area contributed by atoms with Gasteiger partial charge in [0.1, 0.15) is 0 Å². The van der Waals surface area contributed by atoms with Crippen LogP contribution in [-0.4, -0.2) is 43.4 Å². The molecule has 0 atom stereocenters. The van der Waals surface area contributed by atoms with Gasteiger partial charge in [0.05, 0.1) is 0 Å². The zero-order valence-electron chi connectivity index (χ0n) is 11.3. The molecule has 1 heterocycles. The van der Waals surface area contributed by atoms with Gasteiger partial charge in [0.2, 0.25) is 11.8 Å². The first-order valence-electron chi connectivity index (χ1n) is 6.83. The van der Waals surface area contributed by atoms with Gasteiger partial charge in [-0.1, -0.05) is 0 Å². The van der Waals surface area contributed by atoms with Gasteiger partial charge in [-0.25, -0.2) is 8.78 Å². The van der Waals surface area contributed by atoms with E-state index < -0.39 is 11.8 Å². The van der Waals surface area contributed by atoms with Crippen molar-refractivity contribution in [2.24, 2.45) is 11.8 Å². The van der Waals surface area contributed by atoms with Crippen LogP contribution < -0.4 is 5.32 Å².